The van der Waals surface area contributed by atoms with Crippen molar-refractivity contribution in [2.45, 2.75) is 19.0 Å². The molecule has 0 radical (unpaired) electrons. The molecule has 1 heterocycles. The molecule has 0 fully saturated rings. The number of rotatable bonds is 5. The number of ether oxygens (including phenoxy) is 1. The van der Waals surface area contributed by atoms with Gasteiger partial charge in [-0.1, -0.05) is 6.07 Å². The molecule has 2 unspecified atom stereocenters. The fourth-order valence-corrected chi connectivity index (χ4v) is 2.40. The Morgan fingerprint density at radius 1 is 1.69 bits per heavy atom. The molecule has 0 aliphatic carbocycles. The molecule has 5 heteroatoms. The lowest BCUT2D eigenvalue weighted by Gasteiger charge is -2.29. The van der Waals surface area contributed by atoms with E-state index in [2.05, 4.69) is 13.0 Å². The van der Waals surface area contributed by atoms with E-state index in [1.807, 2.05) is 23.4 Å². The van der Waals surface area contributed by atoms with E-state index in [4.69, 9.17) is 10.5 Å². The first-order valence-corrected chi connectivity index (χ1v) is 6.03. The molecule has 1 aromatic rings. The first-order chi connectivity index (χ1) is 7.61. The molecule has 2 atom stereocenters. The number of hydrogen-bond donors (Lipinski definition) is 1. The number of nitrogens with zero attached hydrogens (tertiary/aromatic N) is 1. The van der Waals surface area contributed by atoms with Crippen LogP contribution in [0.2, 0.25) is 0 Å². The van der Waals surface area contributed by atoms with Gasteiger partial charge in [0.2, 0.25) is 0 Å². The number of carbonyl (C=O) groups is 1. The van der Waals surface area contributed by atoms with E-state index in [0.717, 1.165) is 0 Å². The predicted molar refractivity (Wildman–Crippen MR) is 65.4 cm³/mol. The Morgan fingerprint density at radius 2 is 2.38 bits per heavy atom. The van der Waals surface area contributed by atoms with E-state index in [-0.39, 0.29) is 24.6 Å². The zero-order valence-corrected chi connectivity index (χ0v) is 10.7. The third kappa shape index (κ3) is 2.81. The molecule has 1 aromatic heterocycles. The molecular weight excluding hydrogens is 224 g/mol. The largest absolute Gasteiger partial charge is 0.468 e. The summed E-state index contributed by atoms with van der Waals surface area (Å²) in [5.74, 6) is -0.284. The SMILES string of the molecule is COC(=O)C(CN)N(C)C(C)c1cccs1. The van der Waals surface area contributed by atoms with E-state index >= 15 is 0 Å². The third-order valence-electron chi connectivity index (χ3n) is 2.75. The molecular formula is C11H18N2O2S. The summed E-state index contributed by atoms with van der Waals surface area (Å²) < 4.78 is 4.73. The van der Waals surface area contributed by atoms with Crippen LogP contribution in [0.5, 0.6) is 0 Å². The van der Waals surface area contributed by atoms with Gasteiger partial charge in [0.1, 0.15) is 6.04 Å². The van der Waals surface area contributed by atoms with E-state index in [9.17, 15) is 4.79 Å². The van der Waals surface area contributed by atoms with Crippen LogP contribution in [0.3, 0.4) is 0 Å². The Labute approximate surface area is 100 Å². The lowest BCUT2D eigenvalue weighted by molar-refractivity contribution is -0.146. The van der Waals surface area contributed by atoms with E-state index < -0.39 is 0 Å². The van der Waals surface area contributed by atoms with Crippen LogP contribution in [0.1, 0.15) is 17.8 Å². The van der Waals surface area contributed by atoms with Gasteiger partial charge >= 0.3 is 5.97 Å². The van der Waals surface area contributed by atoms with Gasteiger partial charge in [0.15, 0.2) is 0 Å². The van der Waals surface area contributed by atoms with Crippen LogP contribution in [0.25, 0.3) is 0 Å². The van der Waals surface area contributed by atoms with Crippen molar-refractivity contribution < 1.29 is 9.53 Å². The van der Waals surface area contributed by atoms with Crippen LogP contribution >= 0.6 is 11.3 Å². The van der Waals surface area contributed by atoms with Gasteiger partial charge in [0.25, 0.3) is 0 Å². The molecule has 0 amide bonds. The maximum absolute atomic E-state index is 11.5. The highest BCUT2D eigenvalue weighted by atomic mass is 32.1. The van der Waals surface area contributed by atoms with E-state index in [0.29, 0.717) is 0 Å². The summed E-state index contributed by atoms with van der Waals surface area (Å²) in [5.41, 5.74) is 5.60. The van der Waals surface area contributed by atoms with E-state index in [1.165, 1.54) is 12.0 Å². The highest BCUT2D eigenvalue weighted by Crippen LogP contribution is 2.24. The predicted octanol–water partition coefficient (Wildman–Crippen LogP) is 1.24. The molecule has 4 nitrogen and oxygen atoms in total. The number of esters is 1. The summed E-state index contributed by atoms with van der Waals surface area (Å²) in [6.45, 7) is 2.32. The van der Waals surface area contributed by atoms with Crippen LogP contribution in [0.15, 0.2) is 17.5 Å². The standard InChI is InChI=1S/C11H18N2O2S/c1-8(10-5-4-6-16-10)13(2)9(7-12)11(14)15-3/h4-6,8-9H,7,12H2,1-3H3. The van der Waals surface area contributed by atoms with Crippen LogP contribution < -0.4 is 5.73 Å². The molecule has 0 aliphatic heterocycles. The second-order valence-corrected chi connectivity index (χ2v) is 4.61. The number of likely N-dealkylation sites (N-methyl/N-ethyl adjacent to an activating group) is 1. The highest BCUT2D eigenvalue weighted by molar-refractivity contribution is 7.10. The average molecular weight is 242 g/mol. The second-order valence-electron chi connectivity index (χ2n) is 3.63. The normalized spacial score (nSPS) is 14.8. The molecule has 0 saturated heterocycles. The van der Waals surface area contributed by atoms with Crippen LogP contribution in [-0.2, 0) is 9.53 Å². The van der Waals surface area contributed by atoms with Gasteiger partial charge in [-0.05, 0) is 25.4 Å². The Hall–Kier alpha value is -0.910. The van der Waals surface area contributed by atoms with Crippen molar-refractivity contribution in [2.24, 2.45) is 5.73 Å². The summed E-state index contributed by atoms with van der Waals surface area (Å²) in [7, 11) is 3.27. The molecule has 0 spiro atoms. The maximum atomic E-state index is 11.5. The minimum Gasteiger partial charge on any atom is -0.468 e. The van der Waals surface area contributed by atoms with Crippen LogP contribution in [0, 0.1) is 0 Å². The fraction of sp³-hybridized carbons (Fsp3) is 0.545. The van der Waals surface area contributed by atoms with Gasteiger partial charge in [-0.2, -0.15) is 0 Å². The van der Waals surface area contributed by atoms with Crippen molar-refractivity contribution in [2.75, 3.05) is 20.7 Å². The summed E-state index contributed by atoms with van der Waals surface area (Å²) in [6.07, 6.45) is 0. The molecule has 0 aliphatic rings. The molecule has 0 saturated carbocycles. The lowest BCUT2D eigenvalue weighted by atomic mass is 10.1. The topological polar surface area (TPSA) is 55.6 Å². The lowest BCUT2D eigenvalue weighted by Crippen LogP contribution is -2.45. The molecule has 2 N–H and O–H groups in total. The third-order valence-corrected chi connectivity index (χ3v) is 3.80. The van der Waals surface area contributed by atoms with Crippen molar-refractivity contribution in [1.29, 1.82) is 0 Å². The molecule has 0 aromatic carbocycles. The van der Waals surface area contributed by atoms with Crippen molar-refractivity contribution in [1.82, 2.24) is 4.90 Å². The van der Waals surface area contributed by atoms with Crippen LogP contribution in [-0.4, -0.2) is 37.6 Å². The second kappa shape index (κ2) is 5.98. The Bertz CT molecular complexity index is 327. The summed E-state index contributed by atoms with van der Waals surface area (Å²) in [5, 5.41) is 2.02. The Morgan fingerprint density at radius 3 is 2.81 bits per heavy atom. The molecule has 0 bridgehead atoms. The zero-order chi connectivity index (χ0) is 12.1. The van der Waals surface area contributed by atoms with Gasteiger partial charge in [-0.25, -0.2) is 0 Å². The fourth-order valence-electron chi connectivity index (χ4n) is 1.56. The highest BCUT2D eigenvalue weighted by Gasteiger charge is 2.27. The quantitative estimate of drug-likeness (QED) is 0.789. The van der Waals surface area contributed by atoms with Gasteiger partial charge in [0, 0.05) is 17.5 Å². The monoisotopic (exact) mass is 242 g/mol. The van der Waals surface area contributed by atoms with Gasteiger partial charge in [0.05, 0.1) is 7.11 Å². The smallest absolute Gasteiger partial charge is 0.324 e. The summed E-state index contributed by atoms with van der Waals surface area (Å²) in [4.78, 5) is 14.7. The van der Waals surface area contributed by atoms with Gasteiger partial charge < -0.3 is 10.5 Å². The summed E-state index contributed by atoms with van der Waals surface area (Å²) >= 11 is 1.67. The number of thiophene rings is 1. The molecule has 16 heavy (non-hydrogen) atoms. The zero-order valence-electron chi connectivity index (χ0n) is 9.84. The number of carbonyl (C=O) groups excluding carboxylic acids is 1. The minimum absolute atomic E-state index is 0.160. The van der Waals surface area contributed by atoms with Gasteiger partial charge in [-0.15, -0.1) is 11.3 Å². The van der Waals surface area contributed by atoms with Crippen molar-refractivity contribution in [3.63, 3.8) is 0 Å². The Kier molecular flexibility index (Phi) is 4.92. The number of methoxy groups -OCH3 is 1. The number of nitrogens with two attached hydrogens (primary N) is 1. The van der Waals surface area contributed by atoms with Crippen molar-refractivity contribution in [3.05, 3.63) is 22.4 Å². The van der Waals surface area contributed by atoms with Crippen LogP contribution in [0.4, 0.5) is 0 Å². The first-order valence-electron chi connectivity index (χ1n) is 5.15. The average Bonchev–Trinajstić information content (AvgIpc) is 2.81. The maximum Gasteiger partial charge on any atom is 0.324 e. The number of hydrogen-bond acceptors (Lipinski definition) is 5. The molecule has 90 valence electrons. The first kappa shape index (κ1) is 13.2. The summed E-state index contributed by atoms with van der Waals surface area (Å²) in [6, 6.07) is 3.83. The minimum atomic E-state index is -0.387. The van der Waals surface area contributed by atoms with E-state index in [1.54, 1.807) is 11.3 Å². The molecule has 1 rings (SSSR count). The van der Waals surface area contributed by atoms with Gasteiger partial charge in [-0.3, -0.25) is 9.69 Å². The van der Waals surface area contributed by atoms with Crippen molar-refractivity contribution >= 4 is 17.3 Å². The Balaban J connectivity index is 2.75. The van der Waals surface area contributed by atoms with Crippen molar-refractivity contribution in [3.8, 4) is 0 Å².